The smallest absolute Gasteiger partial charge is 0.258 e. The summed E-state index contributed by atoms with van der Waals surface area (Å²) in [6.07, 6.45) is 2.52. The first-order chi connectivity index (χ1) is 9.13. The first-order valence-electron chi connectivity index (χ1n) is 6.25. The molecule has 1 fully saturated rings. The number of nitrogens with one attached hydrogen (secondary N) is 1. The van der Waals surface area contributed by atoms with E-state index in [9.17, 15) is 14.0 Å². The van der Waals surface area contributed by atoms with Crippen LogP contribution in [-0.2, 0) is 4.79 Å². The third-order valence-electron chi connectivity index (χ3n) is 3.39. The van der Waals surface area contributed by atoms with Crippen LogP contribution in [0.1, 0.15) is 23.2 Å². The van der Waals surface area contributed by atoms with Crippen molar-refractivity contribution in [2.45, 2.75) is 12.8 Å². The fourth-order valence-electron chi connectivity index (χ4n) is 2.26. The van der Waals surface area contributed by atoms with Gasteiger partial charge in [0.05, 0.1) is 5.56 Å². The van der Waals surface area contributed by atoms with Gasteiger partial charge < -0.3 is 10.2 Å². The summed E-state index contributed by atoms with van der Waals surface area (Å²) in [5, 5.41) is 2.61. The summed E-state index contributed by atoms with van der Waals surface area (Å²) >= 11 is 0. The Morgan fingerprint density at radius 1 is 1.42 bits per heavy atom. The van der Waals surface area contributed by atoms with Crippen LogP contribution < -0.4 is 5.32 Å². The van der Waals surface area contributed by atoms with Crippen molar-refractivity contribution in [3.8, 4) is 0 Å². The molecule has 2 heterocycles. The Bertz CT molecular complexity index is 485. The number of likely N-dealkylation sites (tertiary alicyclic amines) is 1. The van der Waals surface area contributed by atoms with Gasteiger partial charge in [-0.1, -0.05) is 0 Å². The van der Waals surface area contributed by atoms with E-state index in [0.717, 1.165) is 0 Å². The lowest BCUT2D eigenvalue weighted by atomic mass is 9.95. The summed E-state index contributed by atoms with van der Waals surface area (Å²) in [6.45, 7) is 0.927. The summed E-state index contributed by atoms with van der Waals surface area (Å²) in [5.41, 5.74) is -0.0131. The maximum Gasteiger partial charge on any atom is 0.258 e. The highest BCUT2D eigenvalue weighted by molar-refractivity contribution is 5.94. The van der Waals surface area contributed by atoms with Gasteiger partial charge in [-0.2, -0.15) is 4.39 Å². The quantitative estimate of drug-likeness (QED) is 0.805. The van der Waals surface area contributed by atoms with E-state index < -0.39 is 5.95 Å². The zero-order valence-electron chi connectivity index (χ0n) is 10.7. The summed E-state index contributed by atoms with van der Waals surface area (Å²) < 4.78 is 13.4. The van der Waals surface area contributed by atoms with Crippen molar-refractivity contribution in [1.82, 2.24) is 15.2 Å². The van der Waals surface area contributed by atoms with Crippen LogP contribution in [0.4, 0.5) is 4.39 Å². The molecule has 2 amide bonds. The molecule has 5 nitrogen and oxygen atoms in total. The average Bonchev–Trinajstić information content (AvgIpc) is 2.46. The third-order valence-corrected chi connectivity index (χ3v) is 3.39. The minimum absolute atomic E-state index is 0.000317. The maximum absolute atomic E-state index is 13.4. The fraction of sp³-hybridized carbons (Fsp3) is 0.462. The van der Waals surface area contributed by atoms with Crippen molar-refractivity contribution >= 4 is 11.8 Å². The van der Waals surface area contributed by atoms with Gasteiger partial charge in [0.1, 0.15) is 0 Å². The van der Waals surface area contributed by atoms with Crippen LogP contribution in [0.25, 0.3) is 0 Å². The average molecular weight is 265 g/mol. The fourth-order valence-corrected chi connectivity index (χ4v) is 2.26. The number of rotatable bonds is 2. The highest BCUT2D eigenvalue weighted by Crippen LogP contribution is 2.19. The second-order valence-electron chi connectivity index (χ2n) is 4.52. The molecule has 1 aromatic heterocycles. The molecule has 0 saturated carbocycles. The molecule has 0 aliphatic carbocycles. The van der Waals surface area contributed by atoms with E-state index in [4.69, 9.17) is 0 Å². The summed E-state index contributed by atoms with van der Waals surface area (Å²) in [7, 11) is 1.60. The first-order valence-corrected chi connectivity index (χ1v) is 6.25. The van der Waals surface area contributed by atoms with Crippen LogP contribution >= 0.6 is 0 Å². The van der Waals surface area contributed by atoms with Crippen molar-refractivity contribution < 1.29 is 14.0 Å². The highest BCUT2D eigenvalue weighted by atomic mass is 19.1. The predicted molar refractivity (Wildman–Crippen MR) is 66.9 cm³/mol. The van der Waals surface area contributed by atoms with E-state index in [1.807, 2.05) is 0 Å². The lowest BCUT2D eigenvalue weighted by molar-refractivity contribution is -0.125. The van der Waals surface area contributed by atoms with Gasteiger partial charge in [0.15, 0.2) is 0 Å². The lowest BCUT2D eigenvalue weighted by Gasteiger charge is -2.31. The normalized spacial score (nSPS) is 16.2. The van der Waals surface area contributed by atoms with Gasteiger partial charge in [0, 0.05) is 32.3 Å². The topological polar surface area (TPSA) is 62.3 Å². The SMILES string of the molecule is CNC(=O)C1CCN(C(=O)c2cccnc2F)CC1. The van der Waals surface area contributed by atoms with Gasteiger partial charge in [-0.3, -0.25) is 9.59 Å². The molecule has 1 N–H and O–H groups in total. The lowest BCUT2D eigenvalue weighted by Crippen LogP contribution is -2.42. The largest absolute Gasteiger partial charge is 0.359 e. The molecule has 0 bridgehead atoms. The molecule has 0 radical (unpaired) electrons. The van der Waals surface area contributed by atoms with E-state index in [-0.39, 0.29) is 23.3 Å². The predicted octanol–water partition coefficient (Wildman–Crippen LogP) is 0.819. The Morgan fingerprint density at radius 2 is 2.11 bits per heavy atom. The van der Waals surface area contributed by atoms with Gasteiger partial charge in [0.2, 0.25) is 11.9 Å². The second-order valence-corrected chi connectivity index (χ2v) is 4.52. The van der Waals surface area contributed by atoms with Crippen LogP contribution in [0.3, 0.4) is 0 Å². The molecule has 1 aromatic rings. The number of amides is 2. The molecule has 1 aliphatic rings. The van der Waals surface area contributed by atoms with Crippen molar-refractivity contribution in [2.24, 2.45) is 5.92 Å². The molecule has 2 rings (SSSR count). The summed E-state index contributed by atoms with van der Waals surface area (Å²) in [6, 6.07) is 2.96. The van der Waals surface area contributed by atoms with E-state index in [0.29, 0.717) is 25.9 Å². The molecule has 19 heavy (non-hydrogen) atoms. The number of carbonyl (C=O) groups excluding carboxylic acids is 2. The summed E-state index contributed by atoms with van der Waals surface area (Å²) in [4.78, 5) is 28.6. The molecule has 0 aromatic carbocycles. The Morgan fingerprint density at radius 3 is 2.68 bits per heavy atom. The Kier molecular flexibility index (Phi) is 4.09. The minimum atomic E-state index is -0.749. The molecule has 1 saturated heterocycles. The number of hydrogen-bond donors (Lipinski definition) is 1. The third kappa shape index (κ3) is 2.89. The van der Waals surface area contributed by atoms with Crippen LogP contribution in [0.2, 0.25) is 0 Å². The molecular formula is C13H16FN3O2. The maximum atomic E-state index is 13.4. The number of nitrogens with zero attached hydrogens (tertiary/aromatic N) is 2. The van der Waals surface area contributed by atoms with Gasteiger partial charge >= 0.3 is 0 Å². The highest BCUT2D eigenvalue weighted by Gasteiger charge is 2.28. The second kappa shape index (κ2) is 5.77. The van der Waals surface area contributed by atoms with Crippen molar-refractivity contribution in [3.05, 3.63) is 29.8 Å². The number of hydrogen-bond acceptors (Lipinski definition) is 3. The van der Waals surface area contributed by atoms with Crippen LogP contribution in [0.15, 0.2) is 18.3 Å². The van der Waals surface area contributed by atoms with Gasteiger partial charge in [0.25, 0.3) is 5.91 Å². The standard InChI is InChI=1S/C13H16FN3O2/c1-15-12(18)9-4-7-17(8-5-9)13(19)10-3-2-6-16-11(10)14/h2-3,6,9H,4-5,7-8H2,1H3,(H,15,18). The van der Waals surface area contributed by atoms with Crippen molar-refractivity contribution in [1.29, 1.82) is 0 Å². The Balaban J connectivity index is 2.00. The minimum Gasteiger partial charge on any atom is -0.359 e. The zero-order valence-corrected chi connectivity index (χ0v) is 10.7. The molecule has 0 atom stereocenters. The van der Waals surface area contributed by atoms with Gasteiger partial charge in [-0.15, -0.1) is 0 Å². The van der Waals surface area contributed by atoms with E-state index in [1.54, 1.807) is 11.9 Å². The monoisotopic (exact) mass is 265 g/mol. The molecule has 6 heteroatoms. The number of halogens is 1. The number of pyridine rings is 1. The Hall–Kier alpha value is -1.98. The van der Waals surface area contributed by atoms with Crippen LogP contribution in [0.5, 0.6) is 0 Å². The van der Waals surface area contributed by atoms with Crippen LogP contribution in [-0.4, -0.2) is 41.8 Å². The Labute approximate surface area is 110 Å². The van der Waals surface area contributed by atoms with E-state index >= 15 is 0 Å². The van der Waals surface area contributed by atoms with E-state index in [1.165, 1.54) is 18.3 Å². The number of aromatic nitrogens is 1. The molecule has 1 aliphatic heterocycles. The van der Waals surface area contributed by atoms with Gasteiger partial charge in [-0.05, 0) is 25.0 Å². The van der Waals surface area contributed by atoms with Crippen molar-refractivity contribution in [2.75, 3.05) is 20.1 Å². The van der Waals surface area contributed by atoms with Gasteiger partial charge in [-0.25, -0.2) is 4.98 Å². The molecule has 0 unspecified atom stereocenters. The summed E-state index contributed by atoms with van der Waals surface area (Å²) in [5.74, 6) is -1.17. The van der Waals surface area contributed by atoms with Crippen molar-refractivity contribution in [3.63, 3.8) is 0 Å². The van der Waals surface area contributed by atoms with E-state index in [2.05, 4.69) is 10.3 Å². The number of piperidine rings is 1. The van der Waals surface area contributed by atoms with Crippen LogP contribution in [0, 0.1) is 11.9 Å². The first kappa shape index (κ1) is 13.5. The molecule has 0 spiro atoms. The molecular weight excluding hydrogens is 249 g/mol. The number of carbonyl (C=O) groups is 2. The molecule has 102 valence electrons. The zero-order chi connectivity index (χ0) is 13.8.